The summed E-state index contributed by atoms with van der Waals surface area (Å²) in [5.41, 5.74) is 3.04. The average Bonchev–Trinajstić information content (AvgIpc) is 2.87. The molecule has 2 amide bonds. The average molecular weight is 537 g/mol. The van der Waals surface area contributed by atoms with Gasteiger partial charge in [-0.2, -0.15) is 0 Å². The van der Waals surface area contributed by atoms with Crippen LogP contribution in [0.4, 0.5) is 0 Å². The molecule has 0 heterocycles. The van der Waals surface area contributed by atoms with Crippen LogP contribution in [-0.2, 0) is 22.6 Å². The monoisotopic (exact) mass is 536 g/mol. The first kappa shape index (κ1) is 26.5. The summed E-state index contributed by atoms with van der Waals surface area (Å²) in [6.07, 6.45) is 1.22. The summed E-state index contributed by atoms with van der Waals surface area (Å²) in [4.78, 5) is 28.7. The summed E-state index contributed by atoms with van der Waals surface area (Å²) in [6.45, 7) is 6.14. The van der Waals surface area contributed by atoms with Crippen molar-refractivity contribution in [3.63, 3.8) is 0 Å². The normalized spacial score (nSPS) is 12.5. The molecule has 0 saturated heterocycles. The molecule has 35 heavy (non-hydrogen) atoms. The maximum absolute atomic E-state index is 13.6. The van der Waals surface area contributed by atoms with Gasteiger partial charge >= 0.3 is 0 Å². The number of carbonyl (C=O) groups is 2. The summed E-state index contributed by atoms with van der Waals surface area (Å²) in [5, 5.41) is 3.08. The molecule has 0 radical (unpaired) electrons. The largest absolute Gasteiger partial charge is 0.484 e. The zero-order valence-electron chi connectivity index (χ0n) is 20.5. The van der Waals surface area contributed by atoms with Crippen LogP contribution in [0.5, 0.6) is 5.75 Å². The second-order valence-electron chi connectivity index (χ2n) is 8.77. The number of amides is 2. The summed E-state index contributed by atoms with van der Waals surface area (Å²) >= 11 is 3.46. The van der Waals surface area contributed by atoms with Crippen LogP contribution in [0.25, 0.3) is 0 Å². The molecule has 5 nitrogen and oxygen atoms in total. The zero-order valence-corrected chi connectivity index (χ0v) is 22.1. The van der Waals surface area contributed by atoms with Crippen LogP contribution < -0.4 is 10.1 Å². The smallest absolute Gasteiger partial charge is 0.261 e. The van der Waals surface area contributed by atoms with Crippen molar-refractivity contribution < 1.29 is 14.3 Å². The molecule has 3 aromatic rings. The molecule has 0 bridgehead atoms. The predicted molar refractivity (Wildman–Crippen MR) is 143 cm³/mol. The molecular formula is C29H33BrN2O3. The Morgan fingerprint density at radius 1 is 0.943 bits per heavy atom. The van der Waals surface area contributed by atoms with E-state index in [-0.39, 0.29) is 24.5 Å². The van der Waals surface area contributed by atoms with Gasteiger partial charge in [0.05, 0.1) is 0 Å². The standard InChI is InChI=1S/C29H33BrN2O3/c1-4-22(3)31-29(34)27(18-23-8-6-5-7-9-23)32(19-24-12-14-25(30)15-13-24)28(33)20-35-26-16-10-21(2)11-17-26/h5-17,22,27H,4,18-20H2,1-3H3,(H,31,34)/t22-,27-/m0/s1. The van der Waals surface area contributed by atoms with Gasteiger partial charge in [0, 0.05) is 23.5 Å². The van der Waals surface area contributed by atoms with Crippen LogP contribution in [-0.4, -0.2) is 35.4 Å². The Kier molecular flexibility index (Phi) is 9.91. The minimum Gasteiger partial charge on any atom is -0.484 e. The third kappa shape index (κ3) is 8.25. The lowest BCUT2D eigenvalue weighted by Crippen LogP contribution is -2.53. The fraction of sp³-hybridized carbons (Fsp3) is 0.310. The van der Waals surface area contributed by atoms with Crippen LogP contribution in [0.1, 0.15) is 37.0 Å². The molecule has 6 heteroatoms. The van der Waals surface area contributed by atoms with E-state index in [9.17, 15) is 9.59 Å². The van der Waals surface area contributed by atoms with E-state index < -0.39 is 6.04 Å². The van der Waals surface area contributed by atoms with E-state index in [1.807, 2.05) is 99.6 Å². The molecule has 3 rings (SSSR count). The van der Waals surface area contributed by atoms with Crippen molar-refractivity contribution >= 4 is 27.7 Å². The van der Waals surface area contributed by atoms with Gasteiger partial charge in [0.15, 0.2) is 6.61 Å². The molecule has 184 valence electrons. The van der Waals surface area contributed by atoms with Gasteiger partial charge in [-0.25, -0.2) is 0 Å². The molecule has 0 saturated carbocycles. The first-order chi connectivity index (χ1) is 16.9. The fourth-order valence-electron chi connectivity index (χ4n) is 3.64. The molecule has 2 atom stereocenters. The van der Waals surface area contributed by atoms with Crippen LogP contribution >= 0.6 is 15.9 Å². The van der Waals surface area contributed by atoms with E-state index >= 15 is 0 Å². The Labute approximate surface area is 216 Å². The minimum atomic E-state index is -0.677. The van der Waals surface area contributed by atoms with Crippen molar-refractivity contribution in [2.45, 2.75) is 52.2 Å². The highest BCUT2D eigenvalue weighted by molar-refractivity contribution is 9.10. The summed E-state index contributed by atoms with van der Waals surface area (Å²) in [6, 6.07) is 24.5. The highest BCUT2D eigenvalue weighted by Gasteiger charge is 2.31. The second kappa shape index (κ2) is 13.1. The number of nitrogens with zero attached hydrogens (tertiary/aromatic N) is 1. The van der Waals surface area contributed by atoms with Crippen molar-refractivity contribution in [2.24, 2.45) is 0 Å². The lowest BCUT2D eigenvalue weighted by molar-refractivity contribution is -0.143. The molecule has 0 aliphatic carbocycles. The Hall–Kier alpha value is -3.12. The van der Waals surface area contributed by atoms with Gasteiger partial charge < -0.3 is 15.0 Å². The van der Waals surface area contributed by atoms with E-state index in [0.29, 0.717) is 18.7 Å². The van der Waals surface area contributed by atoms with Gasteiger partial charge in [-0.15, -0.1) is 0 Å². The molecule has 0 fully saturated rings. The topological polar surface area (TPSA) is 58.6 Å². The highest BCUT2D eigenvalue weighted by Crippen LogP contribution is 2.18. The van der Waals surface area contributed by atoms with Crippen LogP contribution in [0.15, 0.2) is 83.3 Å². The van der Waals surface area contributed by atoms with Gasteiger partial charge in [-0.3, -0.25) is 9.59 Å². The van der Waals surface area contributed by atoms with Crippen molar-refractivity contribution in [1.82, 2.24) is 10.2 Å². The van der Waals surface area contributed by atoms with Crippen molar-refractivity contribution in [1.29, 1.82) is 0 Å². The molecule has 0 spiro atoms. The zero-order chi connectivity index (χ0) is 25.2. The number of carbonyl (C=O) groups excluding carboxylic acids is 2. The lowest BCUT2D eigenvalue weighted by atomic mass is 10.0. The number of halogens is 1. The molecule has 0 aliphatic rings. The maximum atomic E-state index is 13.6. The van der Waals surface area contributed by atoms with E-state index in [0.717, 1.165) is 27.6 Å². The third-order valence-corrected chi connectivity index (χ3v) is 6.45. The summed E-state index contributed by atoms with van der Waals surface area (Å²) < 4.78 is 6.77. The number of aryl methyl sites for hydroxylation is 1. The lowest BCUT2D eigenvalue weighted by Gasteiger charge is -2.32. The first-order valence-electron chi connectivity index (χ1n) is 11.9. The fourth-order valence-corrected chi connectivity index (χ4v) is 3.91. The Balaban J connectivity index is 1.89. The minimum absolute atomic E-state index is 0.00853. The SMILES string of the molecule is CC[C@H](C)NC(=O)[C@H](Cc1ccccc1)N(Cc1ccc(Br)cc1)C(=O)COc1ccc(C)cc1. The number of nitrogens with one attached hydrogen (secondary N) is 1. The highest BCUT2D eigenvalue weighted by atomic mass is 79.9. The van der Waals surface area contributed by atoms with Gasteiger partial charge in [-0.05, 0) is 55.7 Å². The second-order valence-corrected chi connectivity index (χ2v) is 9.69. The maximum Gasteiger partial charge on any atom is 0.261 e. The number of benzene rings is 3. The Bertz CT molecular complexity index is 1090. The van der Waals surface area contributed by atoms with Gasteiger partial charge in [0.25, 0.3) is 5.91 Å². The first-order valence-corrected chi connectivity index (χ1v) is 12.7. The molecule has 1 N–H and O–H groups in total. The van der Waals surface area contributed by atoms with Crippen LogP contribution in [0.2, 0.25) is 0 Å². The van der Waals surface area contributed by atoms with E-state index in [2.05, 4.69) is 21.2 Å². The van der Waals surface area contributed by atoms with Gasteiger partial charge in [0.1, 0.15) is 11.8 Å². The van der Waals surface area contributed by atoms with E-state index in [4.69, 9.17) is 4.74 Å². The number of hydrogen-bond acceptors (Lipinski definition) is 3. The van der Waals surface area contributed by atoms with E-state index in [1.54, 1.807) is 4.90 Å². The quantitative estimate of drug-likeness (QED) is 0.342. The third-order valence-electron chi connectivity index (χ3n) is 5.92. The number of ether oxygens (including phenoxy) is 1. The summed E-state index contributed by atoms with van der Waals surface area (Å²) in [7, 11) is 0. The van der Waals surface area contributed by atoms with E-state index in [1.165, 1.54) is 0 Å². The molecule has 0 aliphatic heterocycles. The van der Waals surface area contributed by atoms with Crippen LogP contribution in [0, 0.1) is 6.92 Å². The molecule has 0 aromatic heterocycles. The molecular weight excluding hydrogens is 504 g/mol. The summed E-state index contributed by atoms with van der Waals surface area (Å²) in [5.74, 6) is 0.217. The Morgan fingerprint density at radius 3 is 2.23 bits per heavy atom. The molecule has 3 aromatic carbocycles. The van der Waals surface area contributed by atoms with Gasteiger partial charge in [-0.1, -0.05) is 83.0 Å². The Morgan fingerprint density at radius 2 is 1.60 bits per heavy atom. The van der Waals surface area contributed by atoms with Crippen LogP contribution in [0.3, 0.4) is 0 Å². The number of hydrogen-bond donors (Lipinski definition) is 1. The van der Waals surface area contributed by atoms with Crippen molar-refractivity contribution in [3.05, 3.63) is 100 Å². The molecule has 0 unspecified atom stereocenters. The van der Waals surface area contributed by atoms with Gasteiger partial charge in [0.2, 0.25) is 5.91 Å². The van der Waals surface area contributed by atoms with Crippen molar-refractivity contribution in [3.8, 4) is 5.75 Å². The van der Waals surface area contributed by atoms with Crippen molar-refractivity contribution in [2.75, 3.05) is 6.61 Å². The number of rotatable bonds is 11. The predicted octanol–water partition coefficient (Wildman–Crippen LogP) is 5.69.